The molecule has 0 heterocycles. The summed E-state index contributed by atoms with van der Waals surface area (Å²) >= 11 is 0. The number of carbonyl (C=O) groups is 1. The SMILES string of the molecule is CCCNC(=O)Oc1ccc(C23CC4CC(CC(C4)C2)C3)cc1. The molecule has 5 rings (SSSR count). The van der Waals surface area contributed by atoms with Crippen LogP contribution in [0.1, 0.15) is 57.4 Å². The molecule has 0 atom stereocenters. The summed E-state index contributed by atoms with van der Waals surface area (Å²) in [6.07, 6.45) is 9.09. The van der Waals surface area contributed by atoms with E-state index < -0.39 is 0 Å². The van der Waals surface area contributed by atoms with Crippen LogP contribution in [0.15, 0.2) is 24.3 Å². The van der Waals surface area contributed by atoms with Gasteiger partial charge in [0.05, 0.1) is 0 Å². The smallest absolute Gasteiger partial charge is 0.410 e. The van der Waals surface area contributed by atoms with E-state index in [1.54, 1.807) is 0 Å². The Balaban J connectivity index is 1.47. The molecule has 4 aliphatic rings. The second kappa shape index (κ2) is 5.85. The molecular weight excluding hydrogens is 286 g/mol. The van der Waals surface area contributed by atoms with E-state index in [1.807, 2.05) is 19.1 Å². The fourth-order valence-corrected chi connectivity index (χ4v) is 5.71. The molecule has 4 aliphatic carbocycles. The summed E-state index contributed by atoms with van der Waals surface area (Å²) in [7, 11) is 0. The van der Waals surface area contributed by atoms with Crippen molar-refractivity contribution in [2.24, 2.45) is 17.8 Å². The first-order valence-electron chi connectivity index (χ1n) is 9.23. The molecule has 0 radical (unpaired) electrons. The van der Waals surface area contributed by atoms with Crippen LogP contribution < -0.4 is 10.1 Å². The molecule has 1 aromatic rings. The van der Waals surface area contributed by atoms with Gasteiger partial charge >= 0.3 is 6.09 Å². The van der Waals surface area contributed by atoms with Crippen molar-refractivity contribution in [1.29, 1.82) is 0 Å². The zero-order chi connectivity index (χ0) is 15.9. The van der Waals surface area contributed by atoms with E-state index in [-0.39, 0.29) is 6.09 Å². The highest BCUT2D eigenvalue weighted by atomic mass is 16.5. The lowest BCUT2D eigenvalue weighted by molar-refractivity contribution is -0.00519. The number of ether oxygens (including phenoxy) is 1. The van der Waals surface area contributed by atoms with E-state index >= 15 is 0 Å². The number of hydrogen-bond donors (Lipinski definition) is 1. The molecule has 1 aromatic carbocycles. The normalized spacial score (nSPS) is 34.4. The molecule has 3 heteroatoms. The molecule has 4 fully saturated rings. The number of hydrogen-bond acceptors (Lipinski definition) is 2. The van der Waals surface area contributed by atoms with Gasteiger partial charge in [0.15, 0.2) is 0 Å². The van der Waals surface area contributed by atoms with Crippen molar-refractivity contribution in [2.75, 3.05) is 6.54 Å². The zero-order valence-corrected chi connectivity index (χ0v) is 14.0. The van der Waals surface area contributed by atoms with Gasteiger partial charge in [0.1, 0.15) is 5.75 Å². The van der Waals surface area contributed by atoms with E-state index in [4.69, 9.17) is 4.74 Å². The van der Waals surface area contributed by atoms with Crippen molar-refractivity contribution in [3.8, 4) is 5.75 Å². The number of carbonyl (C=O) groups excluding carboxylic acids is 1. The molecule has 0 saturated heterocycles. The monoisotopic (exact) mass is 313 g/mol. The average Bonchev–Trinajstić information content (AvgIpc) is 2.52. The third-order valence-corrected chi connectivity index (χ3v) is 6.23. The van der Waals surface area contributed by atoms with Crippen LogP contribution >= 0.6 is 0 Å². The highest BCUT2D eigenvalue weighted by Gasteiger charge is 2.51. The Morgan fingerprint density at radius 2 is 1.65 bits per heavy atom. The topological polar surface area (TPSA) is 38.3 Å². The Morgan fingerprint density at radius 1 is 1.09 bits per heavy atom. The average molecular weight is 313 g/mol. The van der Waals surface area contributed by atoms with E-state index in [0.717, 1.165) is 24.2 Å². The number of benzene rings is 1. The summed E-state index contributed by atoms with van der Waals surface area (Å²) < 4.78 is 5.34. The molecular formula is C20H27NO2. The van der Waals surface area contributed by atoms with Gasteiger partial charge in [-0.1, -0.05) is 19.1 Å². The third-order valence-electron chi connectivity index (χ3n) is 6.23. The van der Waals surface area contributed by atoms with Gasteiger partial charge in [-0.05, 0) is 85.8 Å². The Kier molecular flexibility index (Phi) is 3.82. The summed E-state index contributed by atoms with van der Waals surface area (Å²) in [5, 5.41) is 2.74. The van der Waals surface area contributed by atoms with Crippen molar-refractivity contribution in [1.82, 2.24) is 5.32 Å². The molecule has 0 spiro atoms. The predicted molar refractivity (Wildman–Crippen MR) is 90.6 cm³/mol. The lowest BCUT2D eigenvalue weighted by atomic mass is 9.48. The van der Waals surface area contributed by atoms with Crippen molar-refractivity contribution in [3.63, 3.8) is 0 Å². The standard InChI is InChI=1S/C20H27NO2/c1-2-7-21-19(22)23-18-5-3-17(4-6-18)20-11-14-8-15(12-20)10-16(9-14)13-20/h3-6,14-16H,2,7-13H2,1H3,(H,21,22). The van der Waals surface area contributed by atoms with Crippen molar-refractivity contribution in [2.45, 2.75) is 57.3 Å². The number of amides is 1. The largest absolute Gasteiger partial charge is 0.412 e. The summed E-state index contributed by atoms with van der Waals surface area (Å²) in [6, 6.07) is 8.35. The van der Waals surface area contributed by atoms with E-state index in [1.165, 1.54) is 44.1 Å². The van der Waals surface area contributed by atoms with Crippen LogP contribution in [0, 0.1) is 17.8 Å². The Bertz CT molecular complexity index is 543. The Hall–Kier alpha value is -1.51. The number of rotatable bonds is 4. The third kappa shape index (κ3) is 2.86. The first-order chi connectivity index (χ1) is 11.2. The lowest BCUT2D eigenvalue weighted by Gasteiger charge is -2.57. The quantitative estimate of drug-likeness (QED) is 0.878. The minimum absolute atomic E-state index is 0.352. The van der Waals surface area contributed by atoms with Crippen LogP contribution in [0.25, 0.3) is 0 Å². The van der Waals surface area contributed by atoms with Crippen LogP contribution in [0.4, 0.5) is 4.79 Å². The highest BCUT2D eigenvalue weighted by molar-refractivity contribution is 5.70. The molecule has 0 aromatic heterocycles. The fourth-order valence-electron chi connectivity index (χ4n) is 5.71. The molecule has 1 N–H and O–H groups in total. The van der Waals surface area contributed by atoms with Crippen LogP contribution in [0.5, 0.6) is 5.75 Å². The zero-order valence-electron chi connectivity index (χ0n) is 14.0. The summed E-state index contributed by atoms with van der Waals surface area (Å²) in [5.74, 6) is 3.51. The second-order valence-electron chi connectivity index (χ2n) is 8.04. The summed E-state index contributed by atoms with van der Waals surface area (Å²) in [5.41, 5.74) is 1.88. The van der Waals surface area contributed by atoms with Gasteiger partial charge in [-0.15, -0.1) is 0 Å². The molecule has 124 valence electrons. The molecule has 4 saturated carbocycles. The maximum atomic E-state index is 11.6. The summed E-state index contributed by atoms with van der Waals surface area (Å²) in [4.78, 5) is 11.6. The predicted octanol–water partition coefficient (Wildman–Crippen LogP) is 4.65. The van der Waals surface area contributed by atoms with Gasteiger partial charge < -0.3 is 10.1 Å². The Labute approximate surface area is 138 Å². The molecule has 3 nitrogen and oxygen atoms in total. The van der Waals surface area contributed by atoms with Crippen LogP contribution in [0.3, 0.4) is 0 Å². The van der Waals surface area contributed by atoms with Gasteiger partial charge in [0.25, 0.3) is 0 Å². The van der Waals surface area contributed by atoms with Crippen LogP contribution in [-0.4, -0.2) is 12.6 Å². The van der Waals surface area contributed by atoms with Gasteiger partial charge in [-0.2, -0.15) is 0 Å². The van der Waals surface area contributed by atoms with Crippen LogP contribution in [-0.2, 0) is 5.41 Å². The van der Waals surface area contributed by atoms with Crippen LogP contribution in [0.2, 0.25) is 0 Å². The summed E-state index contributed by atoms with van der Waals surface area (Å²) in [6.45, 7) is 2.69. The number of nitrogens with one attached hydrogen (secondary N) is 1. The molecule has 4 bridgehead atoms. The van der Waals surface area contributed by atoms with Gasteiger partial charge in [-0.3, -0.25) is 0 Å². The molecule has 0 aliphatic heterocycles. The first-order valence-corrected chi connectivity index (χ1v) is 9.23. The highest BCUT2D eigenvalue weighted by Crippen LogP contribution is 2.60. The van der Waals surface area contributed by atoms with Gasteiger partial charge in [0, 0.05) is 6.54 Å². The minimum Gasteiger partial charge on any atom is -0.410 e. The second-order valence-corrected chi connectivity index (χ2v) is 8.04. The van der Waals surface area contributed by atoms with Gasteiger partial charge in [-0.25, -0.2) is 4.79 Å². The molecule has 23 heavy (non-hydrogen) atoms. The maximum absolute atomic E-state index is 11.6. The molecule has 1 amide bonds. The maximum Gasteiger partial charge on any atom is 0.412 e. The van der Waals surface area contributed by atoms with Crippen molar-refractivity contribution in [3.05, 3.63) is 29.8 Å². The molecule has 0 unspecified atom stereocenters. The van der Waals surface area contributed by atoms with Gasteiger partial charge in [0.2, 0.25) is 0 Å². The first kappa shape index (κ1) is 15.0. The van der Waals surface area contributed by atoms with Crippen molar-refractivity contribution < 1.29 is 9.53 Å². The lowest BCUT2D eigenvalue weighted by Crippen LogP contribution is -2.48. The van der Waals surface area contributed by atoms with E-state index in [9.17, 15) is 4.79 Å². The van der Waals surface area contributed by atoms with Crippen molar-refractivity contribution >= 4 is 6.09 Å². The fraction of sp³-hybridized carbons (Fsp3) is 0.650. The minimum atomic E-state index is -0.352. The van der Waals surface area contributed by atoms with E-state index in [2.05, 4.69) is 17.4 Å². The van der Waals surface area contributed by atoms with E-state index in [0.29, 0.717) is 17.7 Å². The Morgan fingerprint density at radius 3 is 2.17 bits per heavy atom.